The molecule has 0 unspecified atom stereocenters. The van der Waals surface area contributed by atoms with Gasteiger partial charge in [-0.15, -0.1) is 0 Å². The van der Waals surface area contributed by atoms with E-state index in [1.807, 2.05) is 18.2 Å². The first-order chi connectivity index (χ1) is 5.38. The molecule has 1 aliphatic heterocycles. The Morgan fingerprint density at radius 1 is 1.18 bits per heavy atom. The van der Waals surface area contributed by atoms with Crippen LogP contribution in [-0.4, -0.2) is 0 Å². The third kappa shape index (κ3) is 0.981. The van der Waals surface area contributed by atoms with Crippen LogP contribution in [0.1, 0.15) is 11.1 Å². The van der Waals surface area contributed by atoms with Crippen molar-refractivity contribution in [1.29, 1.82) is 0 Å². The van der Waals surface area contributed by atoms with E-state index in [1.165, 1.54) is 5.56 Å². The third-order valence-electron chi connectivity index (χ3n) is 1.88. The van der Waals surface area contributed by atoms with E-state index in [1.54, 1.807) is 0 Å². The Morgan fingerprint density at radius 2 is 2.00 bits per heavy atom. The standard InChI is InChI=1S/C8H9N3/c9-8-3-1-2-6-4-10-11-5-7(6)8/h1-3H,4-5,9H2. The third-order valence-corrected chi connectivity index (χ3v) is 1.88. The van der Waals surface area contributed by atoms with Crippen molar-refractivity contribution in [2.24, 2.45) is 10.2 Å². The fourth-order valence-corrected chi connectivity index (χ4v) is 1.24. The van der Waals surface area contributed by atoms with Gasteiger partial charge in [-0.2, -0.15) is 10.2 Å². The van der Waals surface area contributed by atoms with E-state index in [4.69, 9.17) is 5.73 Å². The molecule has 0 radical (unpaired) electrons. The summed E-state index contributed by atoms with van der Waals surface area (Å²) in [5.74, 6) is 0. The predicted octanol–water partition coefficient (Wildman–Crippen LogP) is 1.73. The molecule has 0 amide bonds. The normalized spacial score (nSPS) is 14.5. The maximum atomic E-state index is 5.74. The molecule has 2 rings (SSSR count). The molecular weight excluding hydrogens is 138 g/mol. The highest BCUT2D eigenvalue weighted by Gasteiger charge is 2.07. The van der Waals surface area contributed by atoms with E-state index < -0.39 is 0 Å². The van der Waals surface area contributed by atoms with Crippen molar-refractivity contribution in [1.82, 2.24) is 0 Å². The first-order valence-corrected chi connectivity index (χ1v) is 3.57. The Hall–Kier alpha value is -1.38. The highest BCUT2D eigenvalue weighted by Crippen LogP contribution is 2.22. The van der Waals surface area contributed by atoms with Gasteiger partial charge in [0.05, 0.1) is 13.1 Å². The molecule has 0 spiro atoms. The Morgan fingerprint density at radius 3 is 2.82 bits per heavy atom. The van der Waals surface area contributed by atoms with Crippen molar-refractivity contribution in [3.05, 3.63) is 29.3 Å². The number of anilines is 1. The molecule has 11 heavy (non-hydrogen) atoms. The summed E-state index contributed by atoms with van der Waals surface area (Å²) in [6.45, 7) is 1.32. The molecule has 1 aromatic rings. The highest BCUT2D eigenvalue weighted by atomic mass is 15.1. The number of hydrogen-bond acceptors (Lipinski definition) is 3. The summed E-state index contributed by atoms with van der Waals surface area (Å²) in [6.07, 6.45) is 0. The van der Waals surface area contributed by atoms with Crippen LogP contribution in [0, 0.1) is 0 Å². The summed E-state index contributed by atoms with van der Waals surface area (Å²) in [7, 11) is 0. The minimum Gasteiger partial charge on any atom is -0.398 e. The maximum absolute atomic E-state index is 5.74. The van der Waals surface area contributed by atoms with E-state index in [-0.39, 0.29) is 0 Å². The van der Waals surface area contributed by atoms with E-state index in [2.05, 4.69) is 10.2 Å². The molecule has 0 aromatic heterocycles. The SMILES string of the molecule is Nc1cccc2c1CN=NC2. The lowest BCUT2D eigenvalue weighted by Gasteiger charge is -2.10. The molecule has 0 fully saturated rings. The molecule has 0 saturated heterocycles. The smallest absolute Gasteiger partial charge is 0.0872 e. The lowest BCUT2D eigenvalue weighted by atomic mass is 10.1. The van der Waals surface area contributed by atoms with Crippen LogP contribution in [0.5, 0.6) is 0 Å². The van der Waals surface area contributed by atoms with E-state index in [9.17, 15) is 0 Å². The Bertz CT molecular complexity index is 304. The number of azo groups is 1. The minimum atomic E-state index is 0.641. The zero-order valence-electron chi connectivity index (χ0n) is 6.12. The number of hydrogen-bond donors (Lipinski definition) is 1. The molecule has 3 nitrogen and oxygen atoms in total. The first-order valence-electron chi connectivity index (χ1n) is 3.57. The molecule has 3 heteroatoms. The molecule has 1 aliphatic rings. The Labute approximate surface area is 64.9 Å². The molecule has 0 aliphatic carbocycles. The van der Waals surface area contributed by atoms with Crippen molar-refractivity contribution >= 4 is 5.69 Å². The number of rotatable bonds is 0. The summed E-state index contributed by atoms with van der Waals surface area (Å²) in [5, 5.41) is 7.85. The van der Waals surface area contributed by atoms with Gasteiger partial charge in [-0.05, 0) is 11.6 Å². The van der Waals surface area contributed by atoms with Crippen molar-refractivity contribution in [3.63, 3.8) is 0 Å². The quantitative estimate of drug-likeness (QED) is 0.558. The van der Waals surface area contributed by atoms with Crippen LogP contribution >= 0.6 is 0 Å². The van der Waals surface area contributed by atoms with E-state index >= 15 is 0 Å². The molecule has 1 aromatic carbocycles. The van der Waals surface area contributed by atoms with Gasteiger partial charge < -0.3 is 5.73 Å². The van der Waals surface area contributed by atoms with Crippen molar-refractivity contribution in [3.8, 4) is 0 Å². The van der Waals surface area contributed by atoms with Gasteiger partial charge in [0.25, 0.3) is 0 Å². The largest absolute Gasteiger partial charge is 0.398 e. The molecule has 2 N–H and O–H groups in total. The van der Waals surface area contributed by atoms with Gasteiger partial charge in [-0.3, -0.25) is 0 Å². The summed E-state index contributed by atoms with van der Waals surface area (Å²) < 4.78 is 0. The van der Waals surface area contributed by atoms with E-state index in [0.717, 1.165) is 11.3 Å². The van der Waals surface area contributed by atoms with Gasteiger partial charge in [0, 0.05) is 11.3 Å². The predicted molar refractivity (Wildman–Crippen MR) is 43.1 cm³/mol. The van der Waals surface area contributed by atoms with Crippen molar-refractivity contribution < 1.29 is 0 Å². The Kier molecular flexibility index (Phi) is 1.35. The second-order valence-electron chi connectivity index (χ2n) is 2.58. The van der Waals surface area contributed by atoms with Gasteiger partial charge in [0.15, 0.2) is 0 Å². The fourth-order valence-electron chi connectivity index (χ4n) is 1.24. The fraction of sp³-hybridized carbons (Fsp3) is 0.250. The van der Waals surface area contributed by atoms with Crippen molar-refractivity contribution in [2.75, 3.05) is 5.73 Å². The molecular formula is C8H9N3. The lowest BCUT2D eigenvalue weighted by Crippen LogP contribution is -2.01. The number of nitrogens with two attached hydrogens (primary N) is 1. The van der Waals surface area contributed by atoms with Crippen LogP contribution in [0.25, 0.3) is 0 Å². The van der Waals surface area contributed by atoms with Crippen LogP contribution in [0.3, 0.4) is 0 Å². The van der Waals surface area contributed by atoms with Gasteiger partial charge in [0.1, 0.15) is 0 Å². The molecule has 0 saturated carbocycles. The number of nitrogen functional groups attached to an aromatic ring is 1. The van der Waals surface area contributed by atoms with Crippen molar-refractivity contribution in [2.45, 2.75) is 13.1 Å². The maximum Gasteiger partial charge on any atom is 0.0872 e. The zero-order chi connectivity index (χ0) is 7.68. The van der Waals surface area contributed by atoms with Crippen LogP contribution in [0.15, 0.2) is 28.4 Å². The van der Waals surface area contributed by atoms with Gasteiger partial charge in [0.2, 0.25) is 0 Å². The van der Waals surface area contributed by atoms with Crippen LogP contribution in [0.4, 0.5) is 5.69 Å². The zero-order valence-corrected chi connectivity index (χ0v) is 6.12. The highest BCUT2D eigenvalue weighted by molar-refractivity contribution is 5.51. The topological polar surface area (TPSA) is 50.7 Å². The van der Waals surface area contributed by atoms with Gasteiger partial charge in [-0.25, -0.2) is 0 Å². The molecule has 0 bridgehead atoms. The average molecular weight is 147 g/mol. The lowest BCUT2D eigenvalue weighted by molar-refractivity contribution is 0.792. The van der Waals surface area contributed by atoms with Crippen LogP contribution < -0.4 is 5.73 Å². The van der Waals surface area contributed by atoms with Gasteiger partial charge in [-0.1, -0.05) is 12.1 Å². The number of fused-ring (bicyclic) bond motifs is 1. The summed E-state index contributed by atoms with van der Waals surface area (Å²) in [6, 6.07) is 5.90. The van der Waals surface area contributed by atoms with E-state index in [0.29, 0.717) is 13.1 Å². The summed E-state index contributed by atoms with van der Waals surface area (Å²) in [5.41, 5.74) is 8.92. The van der Waals surface area contributed by atoms with Crippen LogP contribution in [-0.2, 0) is 13.1 Å². The summed E-state index contributed by atoms with van der Waals surface area (Å²) >= 11 is 0. The monoisotopic (exact) mass is 147 g/mol. The second kappa shape index (κ2) is 2.34. The second-order valence-corrected chi connectivity index (χ2v) is 2.58. The van der Waals surface area contributed by atoms with Crippen LogP contribution in [0.2, 0.25) is 0 Å². The summed E-state index contributed by atoms with van der Waals surface area (Å²) in [4.78, 5) is 0. The average Bonchev–Trinajstić information content (AvgIpc) is 2.06. The first kappa shape index (κ1) is 6.34. The van der Waals surface area contributed by atoms with Gasteiger partial charge >= 0.3 is 0 Å². The molecule has 0 atom stereocenters. The number of nitrogens with zero attached hydrogens (tertiary/aromatic N) is 2. The Balaban J connectivity index is 2.54. The molecule has 1 heterocycles. The minimum absolute atomic E-state index is 0.641. The number of benzene rings is 1. The molecule has 56 valence electrons.